The van der Waals surface area contributed by atoms with Crippen LogP contribution >= 0.6 is 0 Å². The van der Waals surface area contributed by atoms with Gasteiger partial charge >= 0.3 is 5.97 Å². The number of hydrogen-bond donors (Lipinski definition) is 3. The first kappa shape index (κ1) is 25.1. The van der Waals surface area contributed by atoms with Crippen LogP contribution in [0, 0.1) is 23.7 Å². The van der Waals surface area contributed by atoms with Crippen LogP contribution in [-0.2, 0) is 19.1 Å². The van der Waals surface area contributed by atoms with Crippen molar-refractivity contribution < 1.29 is 24.3 Å². The molecule has 0 aromatic heterocycles. The highest BCUT2D eigenvalue weighted by Gasteiger charge is 2.36. The normalized spacial score (nSPS) is 17.6. The molecule has 29 heavy (non-hydrogen) atoms. The summed E-state index contributed by atoms with van der Waals surface area (Å²) in [7, 11) is 0. The van der Waals surface area contributed by atoms with Gasteiger partial charge in [0.25, 0.3) is 0 Å². The number of hydrogen-bond acceptors (Lipinski definition) is 5. The second-order valence-corrected chi connectivity index (χ2v) is 8.88. The molecule has 1 saturated carbocycles. The molecule has 3 N–H and O–H groups in total. The molecule has 3 unspecified atom stereocenters. The van der Waals surface area contributed by atoms with E-state index in [0.717, 1.165) is 25.7 Å². The van der Waals surface area contributed by atoms with Crippen molar-refractivity contribution in [3.63, 3.8) is 0 Å². The first-order valence-corrected chi connectivity index (χ1v) is 10.7. The monoisotopic (exact) mass is 410 g/mol. The maximum absolute atomic E-state index is 13.1. The van der Waals surface area contributed by atoms with Crippen LogP contribution in [0.5, 0.6) is 0 Å². The number of amides is 2. The van der Waals surface area contributed by atoms with Crippen LogP contribution in [0.2, 0.25) is 0 Å². The minimum Gasteiger partial charge on any atom is -0.461 e. The number of carbonyl (C=O) groups is 3. The molecular formula is C22H38N2O5. The number of ether oxygens (including phenoxy) is 1. The van der Waals surface area contributed by atoms with Crippen LogP contribution in [0.4, 0.5) is 0 Å². The Morgan fingerprint density at radius 2 is 1.62 bits per heavy atom. The molecule has 0 bridgehead atoms. The minimum atomic E-state index is -0.759. The smallest absolute Gasteiger partial charge is 0.328 e. The van der Waals surface area contributed by atoms with Gasteiger partial charge in [0, 0.05) is 0 Å². The van der Waals surface area contributed by atoms with Crippen molar-refractivity contribution in [1.29, 1.82) is 0 Å². The summed E-state index contributed by atoms with van der Waals surface area (Å²) in [6.45, 7) is 11.5. The molecule has 166 valence electrons. The van der Waals surface area contributed by atoms with E-state index in [-0.39, 0.29) is 30.3 Å². The lowest BCUT2D eigenvalue weighted by molar-refractivity contribution is -0.154. The molecule has 0 radical (unpaired) electrons. The predicted molar refractivity (Wildman–Crippen MR) is 111 cm³/mol. The molecule has 0 saturated heterocycles. The zero-order chi connectivity index (χ0) is 22.0. The summed E-state index contributed by atoms with van der Waals surface area (Å²) in [6, 6.07) is -0.751. The van der Waals surface area contributed by atoms with Gasteiger partial charge in [-0.3, -0.25) is 14.8 Å². The van der Waals surface area contributed by atoms with Gasteiger partial charge in [-0.05, 0) is 56.8 Å². The van der Waals surface area contributed by atoms with E-state index in [9.17, 15) is 14.4 Å². The summed E-state index contributed by atoms with van der Waals surface area (Å²) in [5, 5.41) is 11.9. The second kappa shape index (κ2) is 12.6. The standard InChI is InChI=1S/C22H38N2O5/c1-6-9-17(21(26)24-28)18(12-14(2)3)20(25)23-19(13-15(4)5)22(27)29-16-10-7-8-11-16/h6,14-19,28H,1,7-13H2,2-5H3,(H,23,25)(H,24,26). The van der Waals surface area contributed by atoms with Gasteiger partial charge in [-0.2, -0.15) is 0 Å². The number of rotatable bonds is 12. The quantitative estimate of drug-likeness (QED) is 0.198. The van der Waals surface area contributed by atoms with Crippen molar-refractivity contribution in [1.82, 2.24) is 10.8 Å². The summed E-state index contributed by atoms with van der Waals surface area (Å²) in [4.78, 5) is 38.0. The third-order valence-electron chi connectivity index (χ3n) is 5.31. The van der Waals surface area contributed by atoms with Crippen molar-refractivity contribution >= 4 is 17.8 Å². The molecule has 0 spiro atoms. The fourth-order valence-corrected chi connectivity index (χ4v) is 3.90. The molecule has 0 aliphatic heterocycles. The number of allylic oxidation sites excluding steroid dienone is 1. The van der Waals surface area contributed by atoms with E-state index in [4.69, 9.17) is 9.94 Å². The van der Waals surface area contributed by atoms with Crippen molar-refractivity contribution in [2.24, 2.45) is 23.7 Å². The maximum Gasteiger partial charge on any atom is 0.328 e. The Hall–Kier alpha value is -1.89. The first-order valence-electron chi connectivity index (χ1n) is 10.7. The van der Waals surface area contributed by atoms with Crippen molar-refractivity contribution in [3.8, 4) is 0 Å². The molecule has 2 amide bonds. The molecule has 7 heteroatoms. The summed E-state index contributed by atoms with van der Waals surface area (Å²) in [6.07, 6.45) is 6.47. The number of nitrogens with one attached hydrogen (secondary N) is 2. The molecule has 1 fully saturated rings. The third-order valence-corrected chi connectivity index (χ3v) is 5.31. The van der Waals surface area contributed by atoms with Crippen molar-refractivity contribution in [3.05, 3.63) is 12.7 Å². The molecule has 0 aromatic carbocycles. The van der Waals surface area contributed by atoms with Gasteiger partial charge < -0.3 is 10.1 Å². The average molecular weight is 411 g/mol. The molecule has 1 aliphatic rings. The molecule has 0 aromatic rings. The summed E-state index contributed by atoms with van der Waals surface area (Å²) >= 11 is 0. The molecule has 0 heterocycles. The summed E-state index contributed by atoms with van der Waals surface area (Å²) in [5.74, 6) is -2.51. The van der Waals surface area contributed by atoms with E-state index < -0.39 is 29.8 Å². The minimum absolute atomic E-state index is 0.0748. The lowest BCUT2D eigenvalue weighted by atomic mass is 9.82. The second-order valence-electron chi connectivity index (χ2n) is 8.88. The van der Waals surface area contributed by atoms with Crippen LogP contribution in [0.15, 0.2) is 12.7 Å². The maximum atomic E-state index is 13.1. The summed E-state index contributed by atoms with van der Waals surface area (Å²) in [5.41, 5.74) is 1.66. The fraction of sp³-hybridized carbons (Fsp3) is 0.773. The number of carbonyl (C=O) groups excluding carboxylic acids is 3. The van der Waals surface area contributed by atoms with Gasteiger partial charge in [0.15, 0.2) is 0 Å². The Labute approximate surface area is 174 Å². The van der Waals surface area contributed by atoms with E-state index in [1.807, 2.05) is 27.7 Å². The first-order chi connectivity index (χ1) is 13.7. The van der Waals surface area contributed by atoms with E-state index in [0.29, 0.717) is 12.8 Å². The molecule has 3 atom stereocenters. The number of hydroxylamine groups is 1. The molecule has 1 rings (SSSR count). The van der Waals surface area contributed by atoms with Crippen LogP contribution in [0.1, 0.15) is 72.6 Å². The topological polar surface area (TPSA) is 105 Å². The van der Waals surface area contributed by atoms with Crippen LogP contribution in [-0.4, -0.2) is 35.1 Å². The zero-order valence-electron chi connectivity index (χ0n) is 18.3. The number of esters is 1. The molecular weight excluding hydrogens is 372 g/mol. The van der Waals surface area contributed by atoms with E-state index in [2.05, 4.69) is 11.9 Å². The fourth-order valence-electron chi connectivity index (χ4n) is 3.90. The van der Waals surface area contributed by atoms with Gasteiger partial charge in [-0.15, -0.1) is 6.58 Å². The highest BCUT2D eigenvalue weighted by atomic mass is 16.5. The van der Waals surface area contributed by atoms with Gasteiger partial charge in [0.05, 0.1) is 11.8 Å². The van der Waals surface area contributed by atoms with Gasteiger partial charge in [0.2, 0.25) is 11.8 Å². The Bertz CT molecular complexity index is 555. The summed E-state index contributed by atoms with van der Waals surface area (Å²) < 4.78 is 5.62. The van der Waals surface area contributed by atoms with Gasteiger partial charge in [0.1, 0.15) is 12.1 Å². The molecule has 7 nitrogen and oxygen atoms in total. The Balaban J connectivity index is 2.97. The van der Waals surface area contributed by atoms with Crippen LogP contribution < -0.4 is 10.8 Å². The average Bonchev–Trinajstić information content (AvgIpc) is 3.15. The van der Waals surface area contributed by atoms with E-state index >= 15 is 0 Å². The highest BCUT2D eigenvalue weighted by molar-refractivity contribution is 5.90. The van der Waals surface area contributed by atoms with Crippen LogP contribution in [0.25, 0.3) is 0 Å². The van der Waals surface area contributed by atoms with Crippen LogP contribution in [0.3, 0.4) is 0 Å². The molecule has 1 aliphatic carbocycles. The van der Waals surface area contributed by atoms with Gasteiger partial charge in [-0.1, -0.05) is 33.8 Å². The van der Waals surface area contributed by atoms with Gasteiger partial charge in [-0.25, -0.2) is 10.3 Å². The third kappa shape index (κ3) is 8.56. The Morgan fingerprint density at radius 1 is 1.03 bits per heavy atom. The van der Waals surface area contributed by atoms with Crippen molar-refractivity contribution in [2.75, 3.05) is 0 Å². The van der Waals surface area contributed by atoms with E-state index in [1.54, 1.807) is 11.6 Å². The Morgan fingerprint density at radius 3 is 2.10 bits per heavy atom. The highest BCUT2D eigenvalue weighted by Crippen LogP contribution is 2.26. The lowest BCUT2D eigenvalue weighted by Crippen LogP contribution is -2.49. The van der Waals surface area contributed by atoms with Crippen molar-refractivity contribution in [2.45, 2.75) is 84.8 Å². The van der Waals surface area contributed by atoms with E-state index in [1.165, 1.54) is 0 Å². The lowest BCUT2D eigenvalue weighted by Gasteiger charge is -2.28. The largest absolute Gasteiger partial charge is 0.461 e. The predicted octanol–water partition coefficient (Wildman–Crippen LogP) is 3.36. The SMILES string of the molecule is C=CCC(C(=O)NO)C(CC(C)C)C(=O)NC(CC(C)C)C(=O)OC1CCCC1. The zero-order valence-corrected chi connectivity index (χ0v) is 18.3. The Kier molecular flexibility index (Phi) is 10.9.